The van der Waals surface area contributed by atoms with Gasteiger partial charge < -0.3 is 15.8 Å². The summed E-state index contributed by atoms with van der Waals surface area (Å²) in [4.78, 5) is 20.3. The quantitative estimate of drug-likeness (QED) is 0.727. The number of rotatable bonds is 3. The van der Waals surface area contributed by atoms with Gasteiger partial charge in [-0.15, -0.1) is 0 Å². The van der Waals surface area contributed by atoms with E-state index in [0.717, 1.165) is 10.5 Å². The predicted octanol–water partition coefficient (Wildman–Crippen LogP) is 2.69. The number of pyridine rings is 1. The molecule has 6 nitrogen and oxygen atoms in total. The summed E-state index contributed by atoms with van der Waals surface area (Å²) in [5.41, 5.74) is 6.80. The summed E-state index contributed by atoms with van der Waals surface area (Å²) in [5.74, 6) is -4.68. The van der Waals surface area contributed by atoms with Gasteiger partial charge in [-0.2, -0.15) is 0 Å². The van der Waals surface area contributed by atoms with E-state index in [9.17, 15) is 9.18 Å². The van der Waals surface area contributed by atoms with Crippen molar-refractivity contribution >= 4 is 27.7 Å². The third-order valence-electron chi connectivity index (χ3n) is 4.15. The Morgan fingerprint density at radius 1 is 1.50 bits per heavy atom. The van der Waals surface area contributed by atoms with Crippen molar-refractivity contribution in [2.75, 3.05) is 13.2 Å². The Labute approximate surface area is 157 Å². The maximum Gasteiger partial charge on any atom is 0.274 e. The van der Waals surface area contributed by atoms with Crippen molar-refractivity contribution in [3.63, 3.8) is 0 Å². The number of aryl methyl sites for hydroxylation is 1. The first-order chi connectivity index (χ1) is 12.3. The Hall–Kier alpha value is -2.13. The highest BCUT2D eigenvalue weighted by atomic mass is 79.9. The fourth-order valence-corrected chi connectivity index (χ4v) is 3.35. The number of aliphatic imine (C=N–C) groups is 1. The van der Waals surface area contributed by atoms with Crippen molar-refractivity contribution in [3.05, 3.63) is 51.7 Å². The largest absolute Gasteiger partial charge is 0.385 e. The van der Waals surface area contributed by atoms with Gasteiger partial charge in [0.05, 0.1) is 5.92 Å². The van der Waals surface area contributed by atoms with Crippen molar-refractivity contribution in [1.82, 2.24) is 10.3 Å². The van der Waals surface area contributed by atoms with Crippen LogP contribution in [0.2, 0.25) is 0 Å². The molecule has 2 heterocycles. The molecule has 0 aromatic carbocycles. The molecule has 1 unspecified atom stereocenters. The standard InChI is InChI=1S/C17H17BrF2N4O2/c1-9-4-10(18)6-22-15(9)16(25)23-11-2-3-13(19)12(5-11)17(20)8-26-7-14(21)24-17/h2-4,6,12H,5,7-8H2,1H3,(H2,21,24)(H,23,25)/t12?,17-/m0/s1. The van der Waals surface area contributed by atoms with Crippen LogP contribution in [0, 0.1) is 12.8 Å². The van der Waals surface area contributed by atoms with Gasteiger partial charge >= 0.3 is 0 Å². The van der Waals surface area contributed by atoms with Crippen LogP contribution < -0.4 is 11.1 Å². The van der Waals surface area contributed by atoms with Crippen LogP contribution in [0.15, 0.2) is 45.4 Å². The number of hydrogen-bond donors (Lipinski definition) is 2. The van der Waals surface area contributed by atoms with E-state index in [2.05, 4.69) is 31.2 Å². The Bertz CT molecular complexity index is 840. The molecule has 0 spiro atoms. The molecular weight excluding hydrogens is 410 g/mol. The molecule has 138 valence electrons. The molecular formula is C17H17BrF2N4O2. The fraction of sp³-hybridized carbons (Fsp3) is 0.353. The second-order valence-corrected chi connectivity index (χ2v) is 7.10. The molecule has 0 saturated carbocycles. The molecule has 0 fully saturated rings. The average Bonchev–Trinajstić information content (AvgIpc) is 2.56. The SMILES string of the molecule is Cc1cc(Br)cnc1C(=O)NC1=CC=C(F)C([C@]2(F)COCC(N)=N2)C1. The fourth-order valence-electron chi connectivity index (χ4n) is 2.91. The third kappa shape index (κ3) is 3.83. The minimum absolute atomic E-state index is 0.0116. The summed E-state index contributed by atoms with van der Waals surface area (Å²) < 4.78 is 35.1. The van der Waals surface area contributed by atoms with Gasteiger partial charge in [-0.1, -0.05) is 0 Å². The van der Waals surface area contributed by atoms with E-state index < -0.39 is 30.1 Å². The van der Waals surface area contributed by atoms with Gasteiger partial charge in [0.1, 0.15) is 30.6 Å². The lowest BCUT2D eigenvalue weighted by molar-refractivity contribution is -0.0149. The molecule has 1 amide bonds. The van der Waals surface area contributed by atoms with Gasteiger partial charge in [-0.25, -0.2) is 18.8 Å². The molecule has 0 bridgehead atoms. The van der Waals surface area contributed by atoms with Gasteiger partial charge in [0.15, 0.2) is 0 Å². The van der Waals surface area contributed by atoms with E-state index in [4.69, 9.17) is 10.5 Å². The van der Waals surface area contributed by atoms with Crippen LogP contribution in [0.25, 0.3) is 0 Å². The van der Waals surface area contributed by atoms with Crippen molar-refractivity contribution in [3.8, 4) is 0 Å². The van der Waals surface area contributed by atoms with Crippen molar-refractivity contribution in [2.24, 2.45) is 16.6 Å². The molecule has 9 heteroatoms. The van der Waals surface area contributed by atoms with E-state index in [1.54, 1.807) is 13.0 Å². The first kappa shape index (κ1) is 18.7. The van der Waals surface area contributed by atoms with Gasteiger partial charge in [0.2, 0.25) is 5.79 Å². The number of nitrogens with one attached hydrogen (secondary N) is 1. The number of hydrogen-bond acceptors (Lipinski definition) is 5. The molecule has 0 saturated heterocycles. The Kier molecular flexibility index (Phi) is 5.19. The van der Waals surface area contributed by atoms with Gasteiger partial charge in [0.25, 0.3) is 5.91 Å². The van der Waals surface area contributed by atoms with Crippen LogP contribution in [-0.4, -0.2) is 35.7 Å². The molecule has 1 aromatic heterocycles. The number of alkyl halides is 1. The zero-order chi connectivity index (χ0) is 18.9. The average molecular weight is 427 g/mol. The Morgan fingerprint density at radius 3 is 2.96 bits per heavy atom. The number of nitrogens with two attached hydrogens (primary N) is 1. The van der Waals surface area contributed by atoms with E-state index >= 15 is 4.39 Å². The smallest absolute Gasteiger partial charge is 0.274 e. The summed E-state index contributed by atoms with van der Waals surface area (Å²) in [6, 6.07) is 1.76. The second kappa shape index (κ2) is 7.24. The molecule has 26 heavy (non-hydrogen) atoms. The lowest BCUT2D eigenvalue weighted by Crippen LogP contribution is -2.45. The topological polar surface area (TPSA) is 89.6 Å². The molecule has 1 aliphatic heterocycles. The minimum Gasteiger partial charge on any atom is -0.385 e. The molecule has 1 aliphatic carbocycles. The highest BCUT2D eigenvalue weighted by Gasteiger charge is 2.45. The Morgan fingerprint density at radius 2 is 2.27 bits per heavy atom. The van der Waals surface area contributed by atoms with E-state index in [1.165, 1.54) is 12.3 Å². The number of amidine groups is 1. The summed E-state index contributed by atoms with van der Waals surface area (Å²) in [5, 5.41) is 2.66. The third-order valence-corrected chi connectivity index (χ3v) is 4.59. The van der Waals surface area contributed by atoms with Crippen LogP contribution >= 0.6 is 15.9 Å². The normalized spacial score (nSPS) is 25.8. The number of amides is 1. The number of halogens is 3. The van der Waals surface area contributed by atoms with E-state index in [1.807, 2.05) is 0 Å². The summed E-state index contributed by atoms with van der Waals surface area (Å²) >= 11 is 3.28. The van der Waals surface area contributed by atoms with Crippen LogP contribution in [0.4, 0.5) is 8.78 Å². The first-order valence-corrected chi connectivity index (χ1v) is 8.68. The first-order valence-electron chi connectivity index (χ1n) is 7.89. The molecule has 1 aromatic rings. The summed E-state index contributed by atoms with van der Waals surface area (Å²) in [6.45, 7) is 1.36. The summed E-state index contributed by atoms with van der Waals surface area (Å²) in [7, 11) is 0. The van der Waals surface area contributed by atoms with E-state index in [-0.39, 0.29) is 24.6 Å². The molecule has 2 aliphatic rings. The van der Waals surface area contributed by atoms with Crippen LogP contribution in [0.3, 0.4) is 0 Å². The molecule has 3 rings (SSSR count). The number of aromatic nitrogens is 1. The van der Waals surface area contributed by atoms with Crippen molar-refractivity contribution in [1.29, 1.82) is 0 Å². The maximum atomic E-state index is 15.1. The number of carbonyl (C=O) groups excluding carboxylic acids is 1. The monoisotopic (exact) mass is 426 g/mol. The zero-order valence-electron chi connectivity index (χ0n) is 13.9. The highest BCUT2D eigenvalue weighted by molar-refractivity contribution is 9.10. The van der Waals surface area contributed by atoms with Crippen molar-refractivity contribution < 1.29 is 18.3 Å². The molecule has 3 N–H and O–H groups in total. The van der Waals surface area contributed by atoms with Gasteiger partial charge in [-0.05, 0) is 46.6 Å². The predicted molar refractivity (Wildman–Crippen MR) is 95.8 cm³/mol. The van der Waals surface area contributed by atoms with Gasteiger partial charge in [-0.3, -0.25) is 4.79 Å². The molecule has 0 radical (unpaired) electrons. The Balaban J connectivity index is 1.78. The lowest BCUT2D eigenvalue weighted by Gasteiger charge is -2.34. The summed E-state index contributed by atoms with van der Waals surface area (Å²) in [6.07, 6.45) is 3.94. The van der Waals surface area contributed by atoms with E-state index in [0.29, 0.717) is 11.3 Å². The van der Waals surface area contributed by atoms with Gasteiger partial charge in [0, 0.05) is 22.8 Å². The van der Waals surface area contributed by atoms with Crippen LogP contribution in [0.1, 0.15) is 22.5 Å². The number of allylic oxidation sites excluding steroid dienone is 3. The lowest BCUT2D eigenvalue weighted by atomic mass is 9.88. The second-order valence-electron chi connectivity index (χ2n) is 6.19. The molecule has 2 atom stereocenters. The van der Waals surface area contributed by atoms with Crippen LogP contribution in [-0.2, 0) is 4.74 Å². The maximum absolute atomic E-state index is 15.1. The van der Waals surface area contributed by atoms with Crippen LogP contribution in [0.5, 0.6) is 0 Å². The zero-order valence-corrected chi connectivity index (χ0v) is 15.5. The van der Waals surface area contributed by atoms with Crippen molar-refractivity contribution in [2.45, 2.75) is 19.1 Å². The number of nitrogens with zero attached hydrogens (tertiary/aromatic N) is 2. The number of ether oxygens (including phenoxy) is 1. The highest BCUT2D eigenvalue weighted by Crippen LogP contribution is 2.39. The minimum atomic E-state index is -2.31. The number of carbonyl (C=O) groups is 1.